The molecule has 0 spiro atoms. The highest BCUT2D eigenvalue weighted by atomic mass is 32.2. The summed E-state index contributed by atoms with van der Waals surface area (Å²) in [6.45, 7) is 1.31. The van der Waals surface area contributed by atoms with Gasteiger partial charge in [0.1, 0.15) is 16.8 Å². The Morgan fingerprint density at radius 1 is 0.838 bits per heavy atom. The average Bonchev–Trinajstić information content (AvgIpc) is 3.44. The summed E-state index contributed by atoms with van der Waals surface area (Å²) in [5.41, 5.74) is 1.88. The number of pyridine rings is 2. The van der Waals surface area contributed by atoms with E-state index in [0.717, 1.165) is 20.7 Å². The zero-order valence-electron chi connectivity index (χ0n) is 19.4. The maximum Gasteiger partial charge on any atom is 0.245 e. The number of sulfonamides is 1. The fourth-order valence-corrected chi connectivity index (χ4v) is 6.96. The topological polar surface area (TPSA) is 129 Å². The molecule has 0 unspecified atom stereocenters. The summed E-state index contributed by atoms with van der Waals surface area (Å²) in [5.74, 6) is 0.564. The van der Waals surface area contributed by atoms with Crippen molar-refractivity contribution >= 4 is 49.5 Å². The fourth-order valence-electron chi connectivity index (χ4n) is 4.40. The van der Waals surface area contributed by atoms with Crippen molar-refractivity contribution in [1.82, 2.24) is 24.6 Å². The van der Waals surface area contributed by atoms with Crippen LogP contribution < -0.4 is 4.90 Å². The molecule has 0 N–H and O–H groups in total. The highest BCUT2D eigenvalue weighted by Crippen LogP contribution is 2.38. The van der Waals surface area contributed by atoms with Crippen LogP contribution in [0.5, 0.6) is 0 Å². The summed E-state index contributed by atoms with van der Waals surface area (Å²) in [7, 11) is -3.87. The molecule has 0 saturated carbocycles. The van der Waals surface area contributed by atoms with Crippen molar-refractivity contribution in [2.24, 2.45) is 0 Å². The average molecular weight is 530 g/mol. The van der Waals surface area contributed by atoms with E-state index in [4.69, 9.17) is 4.63 Å². The Balaban J connectivity index is 1.28. The molecule has 37 heavy (non-hydrogen) atoms. The van der Waals surface area contributed by atoms with Gasteiger partial charge in [-0.05, 0) is 46.7 Å². The third kappa shape index (κ3) is 4.17. The molecule has 0 atom stereocenters. The molecule has 0 radical (unpaired) electrons. The number of rotatable bonds is 5. The van der Waals surface area contributed by atoms with E-state index in [1.165, 1.54) is 16.1 Å². The van der Waals surface area contributed by atoms with Crippen LogP contribution >= 0.6 is 11.8 Å². The second kappa shape index (κ2) is 9.44. The minimum Gasteiger partial charge on any atom is -0.353 e. The van der Waals surface area contributed by atoms with Crippen molar-refractivity contribution < 1.29 is 13.0 Å². The first-order valence-corrected chi connectivity index (χ1v) is 13.7. The van der Waals surface area contributed by atoms with E-state index in [1.54, 1.807) is 36.7 Å². The van der Waals surface area contributed by atoms with Crippen LogP contribution in [0.15, 0.2) is 86.3 Å². The number of piperazine rings is 1. The first-order chi connectivity index (χ1) is 18.1. The second-order valence-corrected chi connectivity index (χ2v) is 11.3. The van der Waals surface area contributed by atoms with Gasteiger partial charge in [-0.2, -0.15) is 9.57 Å². The van der Waals surface area contributed by atoms with Gasteiger partial charge in [0, 0.05) is 53.7 Å². The molecule has 184 valence electrons. The monoisotopic (exact) mass is 529 g/mol. The van der Waals surface area contributed by atoms with Gasteiger partial charge in [-0.3, -0.25) is 4.98 Å². The Labute approximate surface area is 216 Å². The van der Waals surface area contributed by atoms with Crippen molar-refractivity contribution in [3.05, 3.63) is 72.6 Å². The van der Waals surface area contributed by atoms with Gasteiger partial charge < -0.3 is 4.90 Å². The molecular formula is C25H19N7O3S2. The molecule has 6 rings (SSSR count). The molecule has 3 aromatic heterocycles. The normalized spacial score (nSPS) is 14.7. The highest BCUT2D eigenvalue weighted by molar-refractivity contribution is 7.99. The zero-order chi connectivity index (χ0) is 25.4. The number of hydrogen-bond donors (Lipinski definition) is 0. The van der Waals surface area contributed by atoms with Crippen molar-refractivity contribution in [2.75, 3.05) is 31.1 Å². The van der Waals surface area contributed by atoms with Crippen LogP contribution in [0.1, 0.15) is 5.56 Å². The summed E-state index contributed by atoms with van der Waals surface area (Å²) in [5, 5.41) is 18.4. The number of fused-ring (bicyclic) bond motifs is 2. The number of nitrogens with zero attached hydrogens (tertiary/aromatic N) is 7. The van der Waals surface area contributed by atoms with Crippen LogP contribution in [0.2, 0.25) is 0 Å². The fraction of sp³-hybridized carbons (Fsp3) is 0.160. The molecule has 1 saturated heterocycles. The van der Waals surface area contributed by atoms with Gasteiger partial charge in [0.15, 0.2) is 11.0 Å². The zero-order valence-corrected chi connectivity index (χ0v) is 21.0. The van der Waals surface area contributed by atoms with Crippen LogP contribution in [0.4, 0.5) is 5.82 Å². The molecule has 5 aromatic rings. The number of aromatic nitrogens is 4. The number of para-hydroxylation sites is 1. The van der Waals surface area contributed by atoms with Gasteiger partial charge in [0.25, 0.3) is 0 Å². The van der Waals surface area contributed by atoms with Gasteiger partial charge in [0.05, 0.1) is 11.1 Å². The highest BCUT2D eigenvalue weighted by Gasteiger charge is 2.32. The van der Waals surface area contributed by atoms with Crippen molar-refractivity contribution in [1.29, 1.82) is 5.26 Å². The number of hydrogen-bond acceptors (Lipinski definition) is 10. The largest absolute Gasteiger partial charge is 0.353 e. The lowest BCUT2D eigenvalue weighted by Gasteiger charge is -2.34. The molecular weight excluding hydrogens is 510 g/mol. The smallest absolute Gasteiger partial charge is 0.245 e. The lowest BCUT2D eigenvalue weighted by Crippen LogP contribution is -2.49. The third-order valence-electron chi connectivity index (χ3n) is 6.22. The summed E-state index contributed by atoms with van der Waals surface area (Å²) in [6.07, 6.45) is 3.37. The number of anilines is 1. The van der Waals surface area contributed by atoms with E-state index < -0.39 is 10.0 Å². The van der Waals surface area contributed by atoms with E-state index >= 15 is 0 Å². The maximum absolute atomic E-state index is 13.6. The van der Waals surface area contributed by atoms with E-state index in [0.29, 0.717) is 30.0 Å². The Bertz CT molecular complexity index is 1770. The van der Waals surface area contributed by atoms with E-state index in [-0.39, 0.29) is 23.5 Å². The molecule has 2 aromatic carbocycles. The van der Waals surface area contributed by atoms with Gasteiger partial charge in [0.2, 0.25) is 10.0 Å². The first kappa shape index (κ1) is 23.4. The number of benzene rings is 2. The molecule has 12 heteroatoms. The standard InChI is InChI=1S/C25H19N7O3S2/c26-16-18-6-3-11-28-25(18)31-12-14-32(15-13-31)37(33,34)21-9-8-20(23-24(21)30-35-29-23)36-19-7-1-4-17-5-2-10-27-22(17)19/h1-11H,12-15H2. The van der Waals surface area contributed by atoms with Crippen molar-refractivity contribution in [2.45, 2.75) is 14.7 Å². The molecule has 0 amide bonds. The quantitative estimate of drug-likeness (QED) is 0.332. The lowest BCUT2D eigenvalue weighted by atomic mass is 10.2. The summed E-state index contributed by atoms with van der Waals surface area (Å²) >= 11 is 1.43. The molecule has 4 heterocycles. The predicted octanol–water partition coefficient (Wildman–Crippen LogP) is 3.70. The minimum atomic E-state index is -3.87. The summed E-state index contributed by atoms with van der Waals surface area (Å²) < 4.78 is 33.7. The molecule has 0 bridgehead atoms. The summed E-state index contributed by atoms with van der Waals surface area (Å²) in [6, 6.07) is 18.6. The van der Waals surface area contributed by atoms with Crippen LogP contribution in [0, 0.1) is 11.3 Å². The van der Waals surface area contributed by atoms with E-state index in [9.17, 15) is 13.7 Å². The Morgan fingerprint density at radius 2 is 1.57 bits per heavy atom. The van der Waals surface area contributed by atoms with Crippen molar-refractivity contribution in [3.63, 3.8) is 0 Å². The van der Waals surface area contributed by atoms with Crippen LogP contribution in [-0.4, -0.2) is 59.2 Å². The van der Waals surface area contributed by atoms with Crippen molar-refractivity contribution in [3.8, 4) is 6.07 Å². The molecule has 1 aliphatic rings. The SMILES string of the molecule is N#Cc1cccnc1N1CCN(S(=O)(=O)c2ccc(Sc3cccc4cccnc34)c3nonc23)CC1. The molecule has 0 aliphatic carbocycles. The van der Waals surface area contributed by atoms with Gasteiger partial charge in [-0.25, -0.2) is 18.0 Å². The third-order valence-corrected chi connectivity index (χ3v) is 9.25. The number of nitriles is 1. The summed E-state index contributed by atoms with van der Waals surface area (Å²) in [4.78, 5) is 12.4. The van der Waals surface area contributed by atoms with Gasteiger partial charge in [-0.1, -0.05) is 30.0 Å². The molecule has 10 nitrogen and oxygen atoms in total. The molecule has 1 fully saturated rings. The maximum atomic E-state index is 13.6. The second-order valence-electron chi connectivity index (χ2n) is 8.33. The predicted molar refractivity (Wildman–Crippen MR) is 138 cm³/mol. The molecule has 1 aliphatic heterocycles. The minimum absolute atomic E-state index is 0.0492. The first-order valence-electron chi connectivity index (χ1n) is 11.4. The Kier molecular flexibility index (Phi) is 5.96. The van der Waals surface area contributed by atoms with E-state index in [1.807, 2.05) is 35.2 Å². The van der Waals surface area contributed by atoms with Crippen LogP contribution in [0.3, 0.4) is 0 Å². The van der Waals surface area contributed by atoms with Gasteiger partial charge >= 0.3 is 0 Å². The Hall–Kier alpha value is -4.05. The lowest BCUT2D eigenvalue weighted by molar-refractivity contribution is 0.314. The van der Waals surface area contributed by atoms with Gasteiger partial charge in [-0.15, -0.1) is 0 Å². The van der Waals surface area contributed by atoms with Crippen LogP contribution in [0.25, 0.3) is 21.9 Å². The Morgan fingerprint density at radius 3 is 2.41 bits per heavy atom. The van der Waals surface area contributed by atoms with Crippen LogP contribution in [-0.2, 0) is 10.0 Å². The van der Waals surface area contributed by atoms with E-state index in [2.05, 4.69) is 26.4 Å².